The lowest BCUT2D eigenvalue weighted by atomic mass is 10.0. The molecule has 0 saturated carbocycles. The van der Waals surface area contributed by atoms with E-state index < -0.39 is 24.0 Å². The Morgan fingerprint density at radius 3 is 2.64 bits per heavy atom. The van der Waals surface area contributed by atoms with Crippen molar-refractivity contribution in [1.29, 1.82) is 0 Å². The van der Waals surface area contributed by atoms with Crippen LogP contribution in [0.5, 0.6) is 0 Å². The number of carbonyl (C=O) groups is 2. The van der Waals surface area contributed by atoms with Gasteiger partial charge in [0.15, 0.2) is 6.04 Å². The average Bonchev–Trinajstić information content (AvgIpc) is 2.59. The normalized spacial score (nSPS) is 13.0. The SMILES string of the molecule is CCOC(=O)C(NC(=O)c1ccc(C)cc1C)C(O)c1cccnc1. The number of pyridine rings is 1. The standard InChI is InChI=1S/C19H22N2O4/c1-4-25-19(24)16(17(22)14-6-5-9-20-11-14)21-18(23)15-8-7-12(2)10-13(15)3/h5-11,16-17,22H,4H2,1-3H3,(H,21,23). The van der Waals surface area contributed by atoms with Crippen LogP contribution >= 0.6 is 0 Å². The molecular formula is C19H22N2O4. The fourth-order valence-electron chi connectivity index (χ4n) is 2.53. The molecule has 1 heterocycles. The van der Waals surface area contributed by atoms with Crippen LogP contribution in [0, 0.1) is 13.8 Å². The van der Waals surface area contributed by atoms with E-state index in [9.17, 15) is 14.7 Å². The summed E-state index contributed by atoms with van der Waals surface area (Å²) in [6, 6.07) is 7.45. The molecule has 6 heteroatoms. The van der Waals surface area contributed by atoms with Gasteiger partial charge in [-0.3, -0.25) is 9.78 Å². The molecule has 2 rings (SSSR count). The lowest BCUT2D eigenvalue weighted by Gasteiger charge is -2.23. The van der Waals surface area contributed by atoms with Crippen LogP contribution in [-0.4, -0.2) is 34.6 Å². The molecule has 1 amide bonds. The number of hydrogen-bond acceptors (Lipinski definition) is 5. The van der Waals surface area contributed by atoms with Gasteiger partial charge in [0.2, 0.25) is 0 Å². The third-order valence-corrected chi connectivity index (χ3v) is 3.80. The molecule has 0 radical (unpaired) electrons. The summed E-state index contributed by atoms with van der Waals surface area (Å²) in [6.45, 7) is 5.56. The molecule has 2 aromatic rings. The molecular weight excluding hydrogens is 320 g/mol. The van der Waals surface area contributed by atoms with Gasteiger partial charge < -0.3 is 15.2 Å². The number of hydrogen-bond donors (Lipinski definition) is 2. The van der Waals surface area contributed by atoms with Crippen LogP contribution in [0.15, 0.2) is 42.7 Å². The third-order valence-electron chi connectivity index (χ3n) is 3.80. The van der Waals surface area contributed by atoms with Gasteiger partial charge in [0.25, 0.3) is 5.91 Å². The van der Waals surface area contributed by atoms with E-state index in [0.29, 0.717) is 11.1 Å². The van der Waals surface area contributed by atoms with Crippen molar-refractivity contribution in [2.45, 2.75) is 32.9 Å². The van der Waals surface area contributed by atoms with Gasteiger partial charge in [-0.05, 0) is 38.5 Å². The smallest absolute Gasteiger partial charge is 0.331 e. The highest BCUT2D eigenvalue weighted by Crippen LogP contribution is 2.18. The van der Waals surface area contributed by atoms with Gasteiger partial charge in [0, 0.05) is 23.5 Å². The second-order valence-corrected chi connectivity index (χ2v) is 5.75. The van der Waals surface area contributed by atoms with E-state index >= 15 is 0 Å². The number of esters is 1. The zero-order chi connectivity index (χ0) is 18.4. The molecule has 2 unspecified atom stereocenters. The van der Waals surface area contributed by atoms with Gasteiger partial charge in [-0.2, -0.15) is 0 Å². The maximum atomic E-state index is 12.6. The minimum atomic E-state index is -1.26. The summed E-state index contributed by atoms with van der Waals surface area (Å²) in [4.78, 5) is 28.8. The maximum absolute atomic E-state index is 12.6. The number of aryl methyl sites for hydroxylation is 2. The van der Waals surface area contributed by atoms with Crippen LogP contribution in [0.1, 0.15) is 40.1 Å². The van der Waals surface area contributed by atoms with E-state index in [-0.39, 0.29) is 6.61 Å². The minimum Gasteiger partial charge on any atom is -0.464 e. The summed E-state index contributed by atoms with van der Waals surface area (Å²) in [7, 11) is 0. The molecule has 0 bridgehead atoms. The Kier molecular flexibility index (Phi) is 6.25. The van der Waals surface area contributed by atoms with Crippen molar-refractivity contribution in [1.82, 2.24) is 10.3 Å². The quantitative estimate of drug-likeness (QED) is 0.785. The minimum absolute atomic E-state index is 0.147. The highest BCUT2D eigenvalue weighted by molar-refractivity contribution is 5.98. The van der Waals surface area contributed by atoms with E-state index in [2.05, 4.69) is 10.3 Å². The molecule has 25 heavy (non-hydrogen) atoms. The summed E-state index contributed by atoms with van der Waals surface area (Å²) in [5.74, 6) is -1.14. The number of aliphatic hydroxyl groups is 1. The van der Waals surface area contributed by atoms with Crippen molar-refractivity contribution in [2.24, 2.45) is 0 Å². The Balaban J connectivity index is 2.26. The molecule has 132 valence electrons. The molecule has 2 atom stereocenters. The number of nitrogens with one attached hydrogen (secondary N) is 1. The van der Waals surface area contributed by atoms with Crippen molar-refractivity contribution in [3.05, 3.63) is 65.0 Å². The van der Waals surface area contributed by atoms with Crippen LogP contribution in [-0.2, 0) is 9.53 Å². The fraction of sp³-hybridized carbons (Fsp3) is 0.316. The summed E-state index contributed by atoms with van der Waals surface area (Å²) in [5, 5.41) is 13.1. The number of benzene rings is 1. The molecule has 1 aromatic heterocycles. The van der Waals surface area contributed by atoms with Crippen molar-refractivity contribution in [3.63, 3.8) is 0 Å². The van der Waals surface area contributed by atoms with Crippen LogP contribution in [0.2, 0.25) is 0 Å². The zero-order valence-corrected chi connectivity index (χ0v) is 14.5. The number of ether oxygens (including phenoxy) is 1. The Bertz CT molecular complexity index is 746. The lowest BCUT2D eigenvalue weighted by Crippen LogP contribution is -2.46. The molecule has 0 fully saturated rings. The van der Waals surface area contributed by atoms with Crippen LogP contribution < -0.4 is 5.32 Å². The second-order valence-electron chi connectivity index (χ2n) is 5.75. The molecule has 0 spiro atoms. The third kappa shape index (κ3) is 4.64. The van der Waals surface area contributed by atoms with E-state index in [1.807, 2.05) is 26.0 Å². The van der Waals surface area contributed by atoms with Gasteiger partial charge in [0.05, 0.1) is 6.61 Å². The van der Waals surface area contributed by atoms with E-state index in [0.717, 1.165) is 11.1 Å². The van der Waals surface area contributed by atoms with Crippen LogP contribution in [0.25, 0.3) is 0 Å². The van der Waals surface area contributed by atoms with Gasteiger partial charge in [0.1, 0.15) is 6.10 Å². The van der Waals surface area contributed by atoms with Crippen LogP contribution in [0.3, 0.4) is 0 Å². The number of aliphatic hydroxyl groups excluding tert-OH is 1. The topological polar surface area (TPSA) is 88.5 Å². The Morgan fingerprint density at radius 1 is 1.28 bits per heavy atom. The summed E-state index contributed by atoms with van der Waals surface area (Å²) >= 11 is 0. The van der Waals surface area contributed by atoms with Crippen molar-refractivity contribution < 1.29 is 19.4 Å². The number of aromatic nitrogens is 1. The van der Waals surface area contributed by atoms with E-state index in [1.54, 1.807) is 31.3 Å². The first-order chi connectivity index (χ1) is 11.9. The Labute approximate surface area is 146 Å². The fourth-order valence-corrected chi connectivity index (χ4v) is 2.53. The van der Waals surface area contributed by atoms with Crippen molar-refractivity contribution >= 4 is 11.9 Å². The number of rotatable bonds is 6. The predicted octanol–water partition coefficient (Wildman–Crippen LogP) is 2.09. The first-order valence-corrected chi connectivity index (χ1v) is 8.06. The van der Waals surface area contributed by atoms with Gasteiger partial charge in [-0.25, -0.2) is 4.79 Å². The summed E-state index contributed by atoms with van der Waals surface area (Å²) in [6.07, 6.45) is 1.74. The van der Waals surface area contributed by atoms with E-state index in [1.165, 1.54) is 6.20 Å². The largest absolute Gasteiger partial charge is 0.464 e. The molecule has 1 aromatic carbocycles. The lowest BCUT2D eigenvalue weighted by molar-refractivity contribution is -0.148. The second kappa shape index (κ2) is 8.39. The Morgan fingerprint density at radius 2 is 2.04 bits per heavy atom. The van der Waals surface area contributed by atoms with Crippen LogP contribution in [0.4, 0.5) is 0 Å². The zero-order valence-electron chi connectivity index (χ0n) is 14.5. The van der Waals surface area contributed by atoms with Crippen molar-refractivity contribution in [2.75, 3.05) is 6.61 Å². The average molecular weight is 342 g/mol. The molecule has 0 aliphatic rings. The number of carbonyl (C=O) groups excluding carboxylic acids is 2. The Hall–Kier alpha value is -2.73. The molecule has 0 aliphatic heterocycles. The summed E-state index contributed by atoms with van der Waals surface area (Å²) in [5.41, 5.74) is 2.68. The number of amides is 1. The van der Waals surface area contributed by atoms with Gasteiger partial charge >= 0.3 is 5.97 Å². The van der Waals surface area contributed by atoms with E-state index in [4.69, 9.17) is 4.74 Å². The van der Waals surface area contributed by atoms with Gasteiger partial charge in [-0.15, -0.1) is 0 Å². The highest BCUT2D eigenvalue weighted by atomic mass is 16.5. The van der Waals surface area contributed by atoms with Crippen molar-refractivity contribution in [3.8, 4) is 0 Å². The van der Waals surface area contributed by atoms with Gasteiger partial charge in [-0.1, -0.05) is 23.8 Å². The molecule has 6 nitrogen and oxygen atoms in total. The maximum Gasteiger partial charge on any atom is 0.331 e. The summed E-state index contributed by atoms with van der Waals surface area (Å²) < 4.78 is 5.00. The monoisotopic (exact) mass is 342 g/mol. The first kappa shape index (κ1) is 18.6. The molecule has 0 saturated heterocycles. The predicted molar refractivity (Wildman–Crippen MR) is 93.0 cm³/mol. The first-order valence-electron chi connectivity index (χ1n) is 8.06. The molecule has 0 aliphatic carbocycles. The molecule has 2 N–H and O–H groups in total. The highest BCUT2D eigenvalue weighted by Gasteiger charge is 2.31. The number of nitrogens with zero attached hydrogens (tertiary/aromatic N) is 1.